The van der Waals surface area contributed by atoms with Gasteiger partial charge in [0, 0.05) is 29.2 Å². The number of hydrogen-bond donors (Lipinski definition) is 2. The van der Waals surface area contributed by atoms with Crippen LogP contribution < -0.4 is 10.0 Å². The van der Waals surface area contributed by atoms with E-state index >= 15 is 0 Å². The molecule has 0 radical (unpaired) electrons. The zero-order chi connectivity index (χ0) is 19.1. The van der Waals surface area contributed by atoms with Gasteiger partial charge in [0.2, 0.25) is 10.0 Å². The minimum atomic E-state index is -3.45. The van der Waals surface area contributed by atoms with Crippen LogP contribution in [0.5, 0.6) is 0 Å². The normalized spacial score (nSPS) is 11.7. The Hall–Kier alpha value is -1.91. The number of halogens is 1. The molecule has 1 amide bonds. The Kier molecular flexibility index (Phi) is 5.09. The number of amides is 1. The van der Waals surface area contributed by atoms with E-state index in [-0.39, 0.29) is 11.7 Å². The summed E-state index contributed by atoms with van der Waals surface area (Å²) >= 11 is 4.78. The van der Waals surface area contributed by atoms with Gasteiger partial charge in [0.05, 0.1) is 26.9 Å². The van der Waals surface area contributed by atoms with Crippen LogP contribution in [0.15, 0.2) is 27.2 Å². The van der Waals surface area contributed by atoms with Gasteiger partial charge in [-0.3, -0.25) is 9.52 Å². The Balaban J connectivity index is 2.24. The van der Waals surface area contributed by atoms with Crippen molar-refractivity contribution in [3.8, 4) is 10.6 Å². The van der Waals surface area contributed by atoms with Crippen molar-refractivity contribution in [1.82, 2.24) is 10.3 Å². The van der Waals surface area contributed by atoms with Gasteiger partial charge in [-0.25, -0.2) is 13.4 Å². The molecule has 0 aliphatic rings. The number of aryl methyl sites for hydroxylation is 1. The summed E-state index contributed by atoms with van der Waals surface area (Å²) in [5.74, 6) is 0.0655. The molecule has 3 rings (SSSR count). The van der Waals surface area contributed by atoms with Crippen molar-refractivity contribution < 1.29 is 17.6 Å². The molecule has 26 heavy (non-hydrogen) atoms. The first-order valence-electron chi connectivity index (χ1n) is 7.67. The lowest BCUT2D eigenvalue weighted by Crippen LogP contribution is -2.18. The van der Waals surface area contributed by atoms with E-state index in [9.17, 15) is 13.2 Å². The van der Waals surface area contributed by atoms with Gasteiger partial charge in [0.15, 0.2) is 5.76 Å². The molecular weight excluding hydrogens is 442 g/mol. The van der Waals surface area contributed by atoms with E-state index < -0.39 is 10.0 Å². The first-order valence-corrected chi connectivity index (χ1v) is 10.9. The van der Waals surface area contributed by atoms with Crippen molar-refractivity contribution in [2.45, 2.75) is 13.8 Å². The molecule has 2 heterocycles. The van der Waals surface area contributed by atoms with E-state index in [1.165, 1.54) is 11.3 Å². The highest BCUT2D eigenvalue weighted by atomic mass is 79.9. The van der Waals surface area contributed by atoms with E-state index in [0.717, 1.165) is 9.88 Å². The second kappa shape index (κ2) is 7.01. The molecule has 0 saturated carbocycles. The van der Waals surface area contributed by atoms with Gasteiger partial charge in [-0.2, -0.15) is 0 Å². The van der Waals surface area contributed by atoms with E-state index in [4.69, 9.17) is 4.42 Å². The molecule has 0 spiro atoms. The molecule has 138 valence electrons. The molecule has 1 aromatic carbocycles. The molecule has 0 fully saturated rings. The van der Waals surface area contributed by atoms with Gasteiger partial charge in [-0.15, -0.1) is 11.3 Å². The highest BCUT2D eigenvalue weighted by Gasteiger charge is 2.24. The summed E-state index contributed by atoms with van der Waals surface area (Å²) in [6, 6.07) is 3.24. The van der Waals surface area contributed by atoms with E-state index in [1.807, 2.05) is 6.92 Å². The molecule has 0 saturated heterocycles. The topological polar surface area (TPSA) is 101 Å². The first kappa shape index (κ1) is 18.9. The number of hydrogen-bond acceptors (Lipinski definition) is 6. The summed E-state index contributed by atoms with van der Waals surface area (Å²) in [5, 5.41) is 4.04. The summed E-state index contributed by atoms with van der Waals surface area (Å²) in [6.07, 6.45) is 1.65. The van der Waals surface area contributed by atoms with Crippen molar-refractivity contribution in [2.75, 3.05) is 17.5 Å². The third kappa shape index (κ3) is 3.49. The number of nitrogens with zero attached hydrogens (tertiary/aromatic N) is 1. The molecule has 10 heteroatoms. The third-order valence-corrected chi connectivity index (χ3v) is 6.58. The van der Waals surface area contributed by atoms with Crippen LogP contribution in [0, 0.1) is 6.92 Å². The molecule has 0 unspecified atom stereocenters. The predicted molar refractivity (Wildman–Crippen MR) is 106 cm³/mol. The zero-order valence-corrected chi connectivity index (χ0v) is 17.4. The zero-order valence-electron chi connectivity index (χ0n) is 14.2. The van der Waals surface area contributed by atoms with Crippen LogP contribution >= 0.6 is 27.3 Å². The smallest absolute Gasteiger partial charge is 0.255 e. The van der Waals surface area contributed by atoms with Crippen molar-refractivity contribution in [1.29, 1.82) is 0 Å². The number of thiazole rings is 1. The van der Waals surface area contributed by atoms with Gasteiger partial charge >= 0.3 is 0 Å². The summed E-state index contributed by atoms with van der Waals surface area (Å²) in [4.78, 5) is 17.4. The van der Waals surface area contributed by atoms with Crippen molar-refractivity contribution in [3.05, 3.63) is 33.4 Å². The number of carbonyl (C=O) groups is 1. The lowest BCUT2D eigenvalue weighted by atomic mass is 10.1. The van der Waals surface area contributed by atoms with Crippen LogP contribution in [0.3, 0.4) is 0 Å². The molecule has 2 N–H and O–H groups in total. The van der Waals surface area contributed by atoms with Crippen LogP contribution in [0.4, 0.5) is 5.69 Å². The number of aromatic nitrogens is 1. The Morgan fingerprint density at radius 3 is 2.69 bits per heavy atom. The summed E-state index contributed by atoms with van der Waals surface area (Å²) in [6.45, 7) is 3.42. The van der Waals surface area contributed by atoms with E-state index in [0.29, 0.717) is 32.5 Å². The van der Waals surface area contributed by atoms with Crippen LogP contribution in [0.25, 0.3) is 21.6 Å². The van der Waals surface area contributed by atoms with Gasteiger partial charge in [0.25, 0.3) is 5.91 Å². The number of carbonyl (C=O) groups excluding carboxylic acids is 1. The monoisotopic (exact) mass is 457 g/mol. The van der Waals surface area contributed by atoms with Crippen molar-refractivity contribution in [3.63, 3.8) is 0 Å². The second-order valence-electron chi connectivity index (χ2n) is 5.46. The molecule has 0 atom stereocenters. The quantitative estimate of drug-likeness (QED) is 0.607. The fraction of sp³-hybridized carbons (Fsp3) is 0.250. The predicted octanol–water partition coefficient (Wildman–Crippen LogP) is 3.75. The fourth-order valence-electron chi connectivity index (χ4n) is 2.42. The van der Waals surface area contributed by atoms with Crippen LogP contribution in [0.2, 0.25) is 0 Å². The number of furan rings is 1. The standard InChI is InChI=1S/C16H16BrN3O4S2/c1-4-26(22,23)20-11-6-12-9(5-10(11)17)14(16(21)18-3)15(24-12)13-7-19-8(2)25-13/h5-7,20H,4H2,1-3H3,(H,18,21). The largest absolute Gasteiger partial charge is 0.454 e. The van der Waals surface area contributed by atoms with Crippen molar-refractivity contribution >= 4 is 59.9 Å². The van der Waals surface area contributed by atoms with Crippen LogP contribution in [-0.2, 0) is 10.0 Å². The number of anilines is 1. The number of nitrogens with one attached hydrogen (secondary N) is 2. The second-order valence-corrected chi connectivity index (χ2v) is 9.56. The maximum atomic E-state index is 12.4. The van der Waals surface area contributed by atoms with Gasteiger partial charge < -0.3 is 9.73 Å². The number of benzene rings is 1. The number of fused-ring (bicyclic) bond motifs is 1. The average molecular weight is 458 g/mol. The molecule has 0 bridgehead atoms. The first-order chi connectivity index (χ1) is 12.3. The summed E-state index contributed by atoms with van der Waals surface area (Å²) in [5.41, 5.74) is 1.14. The lowest BCUT2D eigenvalue weighted by Gasteiger charge is -2.08. The highest BCUT2D eigenvalue weighted by Crippen LogP contribution is 2.39. The maximum absolute atomic E-state index is 12.4. The summed E-state index contributed by atoms with van der Waals surface area (Å²) in [7, 11) is -1.90. The van der Waals surface area contributed by atoms with E-state index in [1.54, 1.807) is 32.3 Å². The summed E-state index contributed by atoms with van der Waals surface area (Å²) < 4.78 is 32.7. The molecule has 0 aliphatic heterocycles. The maximum Gasteiger partial charge on any atom is 0.255 e. The minimum absolute atomic E-state index is 0.0511. The number of sulfonamides is 1. The van der Waals surface area contributed by atoms with Crippen LogP contribution in [-0.4, -0.2) is 32.1 Å². The average Bonchev–Trinajstić information content (AvgIpc) is 3.17. The third-order valence-electron chi connectivity index (χ3n) is 3.72. The van der Waals surface area contributed by atoms with Gasteiger partial charge in [0.1, 0.15) is 5.58 Å². The Labute approximate surface area is 163 Å². The molecule has 3 aromatic rings. The lowest BCUT2D eigenvalue weighted by molar-refractivity contribution is 0.0964. The molecule has 7 nitrogen and oxygen atoms in total. The highest BCUT2D eigenvalue weighted by molar-refractivity contribution is 9.10. The molecular formula is C16H16BrN3O4S2. The number of rotatable bonds is 5. The Bertz CT molecular complexity index is 1100. The SMILES string of the molecule is CCS(=O)(=O)Nc1cc2oc(-c3cnc(C)s3)c(C(=O)NC)c2cc1Br. The van der Waals surface area contributed by atoms with Gasteiger partial charge in [-0.05, 0) is 35.8 Å². The molecule has 2 aromatic heterocycles. The molecule has 0 aliphatic carbocycles. The Morgan fingerprint density at radius 2 is 2.12 bits per heavy atom. The van der Waals surface area contributed by atoms with E-state index in [2.05, 4.69) is 31.0 Å². The van der Waals surface area contributed by atoms with Crippen LogP contribution in [0.1, 0.15) is 22.3 Å². The van der Waals surface area contributed by atoms with Gasteiger partial charge in [-0.1, -0.05) is 0 Å². The minimum Gasteiger partial charge on any atom is -0.454 e. The van der Waals surface area contributed by atoms with Crippen molar-refractivity contribution in [2.24, 2.45) is 0 Å². The Morgan fingerprint density at radius 1 is 1.38 bits per heavy atom. The fourth-order valence-corrected chi connectivity index (χ4v) is 4.41.